The van der Waals surface area contributed by atoms with Crippen molar-refractivity contribution in [1.82, 2.24) is 9.97 Å². The van der Waals surface area contributed by atoms with E-state index >= 15 is 0 Å². The van der Waals surface area contributed by atoms with E-state index in [4.69, 9.17) is 9.72 Å². The van der Waals surface area contributed by atoms with Crippen LogP contribution in [0.5, 0.6) is 5.75 Å². The van der Waals surface area contributed by atoms with Gasteiger partial charge in [0.2, 0.25) is 0 Å². The van der Waals surface area contributed by atoms with Crippen LogP contribution in [0.15, 0.2) is 54.7 Å². The fourth-order valence-corrected chi connectivity index (χ4v) is 3.97. The van der Waals surface area contributed by atoms with Crippen molar-refractivity contribution in [3.63, 3.8) is 0 Å². The number of rotatable bonds is 4. The molecular formula is C21H19N3O2S. The molecule has 5 nitrogen and oxygen atoms in total. The summed E-state index contributed by atoms with van der Waals surface area (Å²) in [6.45, 7) is 8.43. The Morgan fingerprint density at radius 2 is 2.19 bits per heavy atom. The number of amides is 1. The average molecular weight is 377 g/mol. The van der Waals surface area contributed by atoms with Crippen LogP contribution in [-0.2, 0) is 4.79 Å². The zero-order chi connectivity index (χ0) is 19.0. The summed E-state index contributed by atoms with van der Waals surface area (Å²) in [5, 5.41) is 0.881. The van der Waals surface area contributed by atoms with Gasteiger partial charge in [-0.2, -0.15) is 0 Å². The summed E-state index contributed by atoms with van der Waals surface area (Å²) in [6.07, 6.45) is 1.77. The third-order valence-electron chi connectivity index (χ3n) is 4.28. The monoisotopic (exact) mass is 377 g/mol. The van der Waals surface area contributed by atoms with E-state index in [1.54, 1.807) is 22.4 Å². The molecule has 4 rings (SSSR count). The lowest BCUT2D eigenvalue weighted by Crippen LogP contribution is -2.39. The lowest BCUT2D eigenvalue weighted by atomic mass is 10.1. The van der Waals surface area contributed by atoms with Crippen molar-refractivity contribution >= 4 is 22.9 Å². The Bertz CT molecular complexity index is 1030. The van der Waals surface area contributed by atoms with Gasteiger partial charge < -0.3 is 9.64 Å². The number of hydrogen-bond donors (Lipinski definition) is 0. The number of ether oxygens (including phenoxy) is 1. The third kappa shape index (κ3) is 3.36. The molecule has 3 aromatic rings. The zero-order valence-electron chi connectivity index (χ0n) is 15.2. The van der Waals surface area contributed by atoms with E-state index in [0.717, 1.165) is 38.1 Å². The van der Waals surface area contributed by atoms with Crippen molar-refractivity contribution in [1.29, 1.82) is 0 Å². The molecular weight excluding hydrogens is 358 g/mol. The molecule has 0 atom stereocenters. The molecule has 2 aromatic heterocycles. The maximum Gasteiger partial charge on any atom is 0.265 e. The van der Waals surface area contributed by atoms with Gasteiger partial charge in [0.1, 0.15) is 10.8 Å². The summed E-state index contributed by atoms with van der Waals surface area (Å²) >= 11 is 1.61. The van der Waals surface area contributed by atoms with Gasteiger partial charge in [0, 0.05) is 23.2 Å². The predicted octanol–water partition coefficient (Wildman–Crippen LogP) is 4.48. The second-order valence-electron chi connectivity index (χ2n) is 6.55. The smallest absolute Gasteiger partial charge is 0.265 e. The minimum atomic E-state index is -0.0631. The van der Waals surface area contributed by atoms with E-state index in [9.17, 15) is 4.79 Å². The number of anilines is 1. The second-order valence-corrected chi connectivity index (χ2v) is 7.75. The SMILES string of the molecule is C=C(C)CN1C(=O)COc2ccc(-c3nc(-c4ccccn4)sc3C)cc21. The van der Waals surface area contributed by atoms with Crippen molar-refractivity contribution in [2.45, 2.75) is 13.8 Å². The van der Waals surface area contributed by atoms with E-state index in [0.29, 0.717) is 12.3 Å². The van der Waals surface area contributed by atoms with Crippen LogP contribution >= 0.6 is 11.3 Å². The Hall–Kier alpha value is -2.99. The van der Waals surface area contributed by atoms with E-state index in [2.05, 4.69) is 11.6 Å². The van der Waals surface area contributed by atoms with Gasteiger partial charge in [-0.05, 0) is 44.2 Å². The summed E-state index contributed by atoms with van der Waals surface area (Å²) in [4.78, 5) is 24.4. The summed E-state index contributed by atoms with van der Waals surface area (Å²) < 4.78 is 5.59. The molecule has 0 radical (unpaired) electrons. The lowest BCUT2D eigenvalue weighted by Gasteiger charge is -2.30. The molecule has 0 bridgehead atoms. The van der Waals surface area contributed by atoms with Gasteiger partial charge in [0.05, 0.1) is 17.1 Å². The molecule has 3 heterocycles. The van der Waals surface area contributed by atoms with Crippen LogP contribution in [0.2, 0.25) is 0 Å². The standard InChI is InChI=1S/C21H19N3O2S/c1-13(2)11-24-17-10-15(7-8-18(17)26-12-19(24)25)20-14(3)27-21(23-20)16-6-4-5-9-22-16/h4-10H,1,11-12H2,2-3H3. The second kappa shape index (κ2) is 6.96. The molecule has 1 aliphatic heterocycles. The third-order valence-corrected chi connectivity index (χ3v) is 5.28. The molecule has 0 N–H and O–H groups in total. The number of aryl methyl sites for hydroxylation is 1. The quantitative estimate of drug-likeness (QED) is 0.629. The first-order valence-electron chi connectivity index (χ1n) is 8.64. The number of fused-ring (bicyclic) bond motifs is 1. The largest absolute Gasteiger partial charge is 0.482 e. The normalized spacial score (nSPS) is 13.3. The Labute approximate surface area is 162 Å². The van der Waals surface area contributed by atoms with E-state index in [1.165, 1.54) is 0 Å². The van der Waals surface area contributed by atoms with Crippen molar-refractivity contribution in [2.75, 3.05) is 18.1 Å². The molecule has 0 aliphatic carbocycles. The van der Waals surface area contributed by atoms with Crippen LogP contribution in [0.4, 0.5) is 5.69 Å². The van der Waals surface area contributed by atoms with Crippen molar-refractivity contribution < 1.29 is 9.53 Å². The molecule has 0 unspecified atom stereocenters. The first-order valence-corrected chi connectivity index (χ1v) is 9.45. The lowest BCUT2D eigenvalue weighted by molar-refractivity contribution is -0.121. The molecule has 136 valence electrons. The van der Waals surface area contributed by atoms with E-state index in [1.807, 2.05) is 50.2 Å². The predicted molar refractivity (Wildman–Crippen MR) is 108 cm³/mol. The van der Waals surface area contributed by atoms with Crippen LogP contribution in [0.3, 0.4) is 0 Å². The van der Waals surface area contributed by atoms with Gasteiger partial charge in [0.25, 0.3) is 5.91 Å². The molecule has 0 fully saturated rings. The van der Waals surface area contributed by atoms with Crippen LogP contribution < -0.4 is 9.64 Å². The molecule has 0 saturated heterocycles. The number of benzene rings is 1. The minimum Gasteiger partial charge on any atom is -0.482 e. The van der Waals surface area contributed by atoms with Crippen LogP contribution in [0.1, 0.15) is 11.8 Å². The van der Waals surface area contributed by atoms with E-state index in [-0.39, 0.29) is 12.5 Å². The van der Waals surface area contributed by atoms with Gasteiger partial charge in [-0.15, -0.1) is 11.3 Å². The van der Waals surface area contributed by atoms with Gasteiger partial charge in [0.15, 0.2) is 6.61 Å². The number of carbonyl (C=O) groups is 1. The van der Waals surface area contributed by atoms with Crippen LogP contribution in [0, 0.1) is 6.92 Å². The first kappa shape index (κ1) is 17.4. The highest BCUT2D eigenvalue weighted by molar-refractivity contribution is 7.15. The van der Waals surface area contributed by atoms with Crippen LogP contribution in [-0.4, -0.2) is 29.0 Å². The average Bonchev–Trinajstić information content (AvgIpc) is 3.06. The van der Waals surface area contributed by atoms with Gasteiger partial charge >= 0.3 is 0 Å². The molecule has 1 aliphatic rings. The van der Waals surface area contributed by atoms with Gasteiger partial charge in [-0.3, -0.25) is 9.78 Å². The van der Waals surface area contributed by atoms with Crippen LogP contribution in [0.25, 0.3) is 22.0 Å². The number of pyridine rings is 1. The zero-order valence-corrected chi connectivity index (χ0v) is 16.0. The molecule has 27 heavy (non-hydrogen) atoms. The number of hydrogen-bond acceptors (Lipinski definition) is 5. The molecule has 0 saturated carbocycles. The number of carbonyl (C=O) groups excluding carboxylic acids is 1. The molecule has 1 amide bonds. The van der Waals surface area contributed by atoms with Gasteiger partial charge in [-0.1, -0.05) is 18.2 Å². The molecule has 6 heteroatoms. The number of aromatic nitrogens is 2. The Kier molecular flexibility index (Phi) is 4.49. The summed E-state index contributed by atoms with van der Waals surface area (Å²) in [5.41, 5.74) is 4.39. The number of thiazole rings is 1. The summed E-state index contributed by atoms with van der Waals surface area (Å²) in [7, 11) is 0. The van der Waals surface area contributed by atoms with Crippen molar-refractivity contribution in [2.24, 2.45) is 0 Å². The number of nitrogens with zero attached hydrogens (tertiary/aromatic N) is 3. The Balaban J connectivity index is 1.76. The first-order chi connectivity index (χ1) is 13.0. The highest BCUT2D eigenvalue weighted by atomic mass is 32.1. The highest BCUT2D eigenvalue weighted by Gasteiger charge is 2.26. The summed E-state index contributed by atoms with van der Waals surface area (Å²) in [5.74, 6) is 0.643. The maximum absolute atomic E-state index is 12.3. The topological polar surface area (TPSA) is 55.3 Å². The van der Waals surface area contributed by atoms with E-state index < -0.39 is 0 Å². The van der Waals surface area contributed by atoms with Gasteiger partial charge in [-0.25, -0.2) is 4.98 Å². The molecule has 0 spiro atoms. The fourth-order valence-electron chi connectivity index (χ4n) is 3.06. The Morgan fingerprint density at radius 1 is 1.33 bits per heavy atom. The molecule has 1 aromatic carbocycles. The minimum absolute atomic E-state index is 0.0547. The Morgan fingerprint density at radius 3 is 2.93 bits per heavy atom. The summed E-state index contributed by atoms with van der Waals surface area (Å²) in [6, 6.07) is 11.7. The maximum atomic E-state index is 12.3. The van der Waals surface area contributed by atoms with Crippen molar-refractivity contribution in [3.05, 3.63) is 59.6 Å². The highest BCUT2D eigenvalue weighted by Crippen LogP contribution is 2.39. The van der Waals surface area contributed by atoms with Crippen molar-refractivity contribution in [3.8, 4) is 27.7 Å². The fraction of sp³-hybridized carbons (Fsp3) is 0.190.